The molecule has 1 rings (SSSR count). The number of hydrogen-bond donors (Lipinski definition) is 1. The number of hydrogen-bond acceptors (Lipinski definition) is 2. The maximum atomic E-state index is 8.68. The third kappa shape index (κ3) is 2.28. The average Bonchev–Trinajstić information content (AvgIpc) is 2.18. The second-order valence-corrected chi connectivity index (χ2v) is 4.12. The minimum Gasteiger partial charge on any atom is -0.491 e. The Hall–Kier alpha value is -0.540. The van der Waals surface area contributed by atoms with Crippen molar-refractivity contribution in [1.82, 2.24) is 0 Å². The molecule has 0 aromatic heterocycles. The lowest BCUT2D eigenvalue weighted by Gasteiger charge is -2.13. The molecule has 14 heavy (non-hydrogen) atoms. The molecule has 1 N–H and O–H groups in total. The second-order valence-electron chi connectivity index (χ2n) is 3.33. The number of halogens is 1. The summed E-state index contributed by atoms with van der Waals surface area (Å²) in [5.74, 6) is 0.859. The van der Waals surface area contributed by atoms with E-state index < -0.39 is 0 Å². The van der Waals surface area contributed by atoms with E-state index >= 15 is 0 Å². The minimum absolute atomic E-state index is 0.0492. The van der Waals surface area contributed by atoms with Crippen LogP contribution in [0, 0.1) is 20.8 Å². The van der Waals surface area contributed by atoms with Crippen molar-refractivity contribution in [3.63, 3.8) is 0 Å². The lowest BCUT2D eigenvalue weighted by Crippen LogP contribution is -2.04. The van der Waals surface area contributed by atoms with Crippen LogP contribution in [0.5, 0.6) is 5.75 Å². The van der Waals surface area contributed by atoms with Crippen LogP contribution in [0.2, 0.25) is 0 Å². The highest BCUT2D eigenvalue weighted by Crippen LogP contribution is 2.30. The zero-order valence-corrected chi connectivity index (χ0v) is 10.3. The van der Waals surface area contributed by atoms with Crippen molar-refractivity contribution in [2.75, 3.05) is 13.2 Å². The highest BCUT2D eigenvalue weighted by molar-refractivity contribution is 9.10. The van der Waals surface area contributed by atoms with Crippen LogP contribution in [-0.2, 0) is 0 Å². The van der Waals surface area contributed by atoms with Crippen molar-refractivity contribution in [3.8, 4) is 5.75 Å². The van der Waals surface area contributed by atoms with Crippen LogP contribution >= 0.6 is 15.9 Å². The van der Waals surface area contributed by atoms with E-state index in [4.69, 9.17) is 9.84 Å². The van der Waals surface area contributed by atoms with Gasteiger partial charge in [-0.3, -0.25) is 0 Å². The molecule has 0 aliphatic rings. The highest BCUT2D eigenvalue weighted by Gasteiger charge is 2.08. The molecule has 1 aromatic carbocycles. The van der Waals surface area contributed by atoms with Crippen LogP contribution < -0.4 is 4.74 Å². The molecule has 1 aromatic rings. The largest absolute Gasteiger partial charge is 0.491 e. The topological polar surface area (TPSA) is 29.5 Å². The van der Waals surface area contributed by atoms with Crippen LogP contribution in [0.4, 0.5) is 0 Å². The molecule has 0 heterocycles. The lowest BCUT2D eigenvalue weighted by atomic mass is 10.1. The predicted octanol–water partition coefficient (Wildman–Crippen LogP) is 2.75. The number of aliphatic hydroxyl groups is 1. The number of ether oxygens (including phenoxy) is 1. The molecule has 0 bridgehead atoms. The first-order chi connectivity index (χ1) is 6.57. The quantitative estimate of drug-likeness (QED) is 0.904. The normalized spacial score (nSPS) is 10.4. The molecule has 0 radical (unpaired) electrons. The van der Waals surface area contributed by atoms with Gasteiger partial charge in [0.25, 0.3) is 0 Å². The van der Waals surface area contributed by atoms with Crippen LogP contribution in [0.25, 0.3) is 0 Å². The zero-order chi connectivity index (χ0) is 10.7. The van der Waals surface area contributed by atoms with E-state index in [9.17, 15) is 0 Å². The van der Waals surface area contributed by atoms with Crippen molar-refractivity contribution in [3.05, 3.63) is 27.2 Å². The number of aliphatic hydroxyl groups excluding tert-OH is 1. The fourth-order valence-corrected chi connectivity index (χ4v) is 1.73. The van der Waals surface area contributed by atoms with Gasteiger partial charge in [-0.2, -0.15) is 0 Å². The summed E-state index contributed by atoms with van der Waals surface area (Å²) in [4.78, 5) is 0. The Bertz CT molecular complexity index is 335. The van der Waals surface area contributed by atoms with Gasteiger partial charge in [-0.25, -0.2) is 0 Å². The standard InChI is InChI=1S/C11H15BrO2/c1-7-6-10(14-5-4-13)8(2)9(3)11(7)12/h6,13H,4-5H2,1-3H3. The first-order valence-corrected chi connectivity index (χ1v) is 5.37. The number of rotatable bonds is 3. The molecule has 0 unspecified atom stereocenters. The van der Waals surface area contributed by atoms with Crippen LogP contribution in [0.15, 0.2) is 10.5 Å². The van der Waals surface area contributed by atoms with Gasteiger partial charge in [0.05, 0.1) is 6.61 Å². The van der Waals surface area contributed by atoms with Crippen LogP contribution in [0.3, 0.4) is 0 Å². The summed E-state index contributed by atoms with van der Waals surface area (Å²) in [5.41, 5.74) is 3.47. The van der Waals surface area contributed by atoms with Gasteiger partial charge in [0.1, 0.15) is 12.4 Å². The van der Waals surface area contributed by atoms with Gasteiger partial charge >= 0.3 is 0 Å². The van der Waals surface area contributed by atoms with Crippen molar-refractivity contribution >= 4 is 15.9 Å². The average molecular weight is 259 g/mol. The van der Waals surface area contributed by atoms with Crippen molar-refractivity contribution in [2.45, 2.75) is 20.8 Å². The fraction of sp³-hybridized carbons (Fsp3) is 0.455. The summed E-state index contributed by atoms with van der Waals surface area (Å²) < 4.78 is 6.56. The Kier molecular flexibility index (Phi) is 3.96. The smallest absolute Gasteiger partial charge is 0.122 e. The Labute approximate surface area is 93.0 Å². The Morgan fingerprint density at radius 3 is 2.50 bits per heavy atom. The Morgan fingerprint density at radius 1 is 1.29 bits per heavy atom. The molecule has 0 fully saturated rings. The first kappa shape index (κ1) is 11.5. The summed E-state index contributed by atoms with van der Waals surface area (Å²) in [7, 11) is 0. The molecule has 78 valence electrons. The Morgan fingerprint density at radius 2 is 1.93 bits per heavy atom. The van der Waals surface area contributed by atoms with E-state index in [-0.39, 0.29) is 6.61 Å². The SMILES string of the molecule is Cc1cc(OCCO)c(C)c(C)c1Br. The molecular formula is C11H15BrO2. The third-order valence-corrected chi connectivity index (χ3v) is 3.52. The third-order valence-electron chi connectivity index (χ3n) is 2.30. The molecule has 0 atom stereocenters. The van der Waals surface area contributed by atoms with Crippen LogP contribution in [0.1, 0.15) is 16.7 Å². The lowest BCUT2D eigenvalue weighted by molar-refractivity contribution is 0.200. The summed E-state index contributed by atoms with van der Waals surface area (Å²) in [5, 5.41) is 8.68. The molecule has 0 saturated carbocycles. The first-order valence-electron chi connectivity index (χ1n) is 4.58. The molecule has 2 nitrogen and oxygen atoms in total. The molecule has 0 aliphatic heterocycles. The van der Waals surface area contributed by atoms with Gasteiger partial charge in [0, 0.05) is 4.47 Å². The summed E-state index contributed by atoms with van der Waals surface area (Å²) in [6.07, 6.45) is 0. The van der Waals surface area contributed by atoms with Crippen molar-refractivity contribution < 1.29 is 9.84 Å². The monoisotopic (exact) mass is 258 g/mol. The molecule has 0 spiro atoms. The fourth-order valence-electron chi connectivity index (χ4n) is 1.32. The summed E-state index contributed by atoms with van der Waals surface area (Å²) in [6.45, 7) is 6.50. The highest BCUT2D eigenvalue weighted by atomic mass is 79.9. The van der Waals surface area contributed by atoms with E-state index in [1.807, 2.05) is 19.9 Å². The van der Waals surface area contributed by atoms with Gasteiger partial charge in [-0.05, 0) is 43.5 Å². The van der Waals surface area contributed by atoms with E-state index in [1.165, 1.54) is 5.56 Å². The zero-order valence-electron chi connectivity index (χ0n) is 8.72. The molecular weight excluding hydrogens is 244 g/mol. The maximum Gasteiger partial charge on any atom is 0.122 e. The van der Waals surface area contributed by atoms with Gasteiger partial charge in [-0.15, -0.1) is 0 Å². The van der Waals surface area contributed by atoms with Crippen molar-refractivity contribution in [2.24, 2.45) is 0 Å². The summed E-state index contributed by atoms with van der Waals surface area (Å²) >= 11 is 3.53. The predicted molar refractivity (Wildman–Crippen MR) is 60.9 cm³/mol. The van der Waals surface area contributed by atoms with Gasteiger partial charge in [-0.1, -0.05) is 15.9 Å². The Balaban J connectivity index is 3.06. The number of aryl methyl sites for hydroxylation is 1. The van der Waals surface area contributed by atoms with Crippen LogP contribution in [-0.4, -0.2) is 18.3 Å². The van der Waals surface area contributed by atoms with E-state index in [1.54, 1.807) is 0 Å². The molecule has 0 aliphatic carbocycles. The summed E-state index contributed by atoms with van der Waals surface area (Å²) in [6, 6.07) is 1.99. The number of benzene rings is 1. The van der Waals surface area contributed by atoms with Gasteiger partial charge in [0.2, 0.25) is 0 Å². The second kappa shape index (κ2) is 4.80. The van der Waals surface area contributed by atoms with Gasteiger partial charge in [0.15, 0.2) is 0 Å². The van der Waals surface area contributed by atoms with Gasteiger partial charge < -0.3 is 9.84 Å². The van der Waals surface area contributed by atoms with Crippen molar-refractivity contribution in [1.29, 1.82) is 0 Å². The maximum absolute atomic E-state index is 8.68. The molecule has 0 saturated heterocycles. The van der Waals surface area contributed by atoms with E-state index in [0.29, 0.717) is 6.61 Å². The van der Waals surface area contributed by atoms with E-state index in [0.717, 1.165) is 21.3 Å². The molecule has 3 heteroatoms. The minimum atomic E-state index is 0.0492. The van der Waals surface area contributed by atoms with E-state index in [2.05, 4.69) is 22.9 Å². The molecule has 0 amide bonds.